The summed E-state index contributed by atoms with van der Waals surface area (Å²) in [5.74, 6) is 1.07. The molecule has 0 aliphatic heterocycles. The molecule has 14 heavy (non-hydrogen) atoms. The zero-order chi connectivity index (χ0) is 10.4. The Morgan fingerprint density at radius 1 is 1.29 bits per heavy atom. The highest BCUT2D eigenvalue weighted by atomic mass is 32.2. The Bertz CT molecular complexity index is 268. The van der Waals surface area contributed by atoms with E-state index in [1.807, 2.05) is 27.0 Å². The first-order valence-corrected chi connectivity index (χ1v) is 5.80. The van der Waals surface area contributed by atoms with Crippen LogP contribution in [0.1, 0.15) is 17.8 Å². The van der Waals surface area contributed by atoms with Crippen LogP contribution in [-0.2, 0) is 0 Å². The molecule has 0 aromatic carbocycles. The van der Waals surface area contributed by atoms with Gasteiger partial charge in [-0.2, -0.15) is 0 Å². The fourth-order valence-corrected chi connectivity index (χ4v) is 2.06. The Hall–Kier alpha value is -0.610. The van der Waals surface area contributed by atoms with Crippen molar-refractivity contribution in [3.8, 4) is 0 Å². The predicted octanol–water partition coefficient (Wildman–Crippen LogP) is 1.80. The van der Waals surface area contributed by atoms with Crippen molar-refractivity contribution in [3.63, 3.8) is 0 Å². The molecule has 0 unspecified atom stereocenters. The predicted molar refractivity (Wildman–Crippen MR) is 60.8 cm³/mol. The summed E-state index contributed by atoms with van der Waals surface area (Å²) in [6.07, 6.45) is 1.15. The fourth-order valence-electron chi connectivity index (χ4n) is 1.17. The van der Waals surface area contributed by atoms with Gasteiger partial charge >= 0.3 is 0 Å². The van der Waals surface area contributed by atoms with Gasteiger partial charge in [0.1, 0.15) is 0 Å². The monoisotopic (exact) mass is 211 g/mol. The number of rotatable bonds is 5. The molecule has 1 aromatic heterocycles. The van der Waals surface area contributed by atoms with Crippen molar-refractivity contribution < 1.29 is 0 Å². The minimum atomic E-state index is 0.901. The number of nitrogens with one attached hydrogen (secondary N) is 1. The number of thioether (sulfide) groups is 1. The Balaban J connectivity index is 2.42. The highest BCUT2D eigenvalue weighted by molar-refractivity contribution is 7.99. The van der Waals surface area contributed by atoms with E-state index in [-0.39, 0.29) is 0 Å². The van der Waals surface area contributed by atoms with Crippen molar-refractivity contribution in [2.24, 2.45) is 0 Å². The standard InChI is InChI=1S/C10H17N3S/c1-8-7-9(2)13-10(12-8)14-6-4-5-11-3/h7,11H,4-6H2,1-3H3. The molecule has 78 valence electrons. The lowest BCUT2D eigenvalue weighted by molar-refractivity contribution is 0.776. The van der Waals surface area contributed by atoms with E-state index in [0.29, 0.717) is 0 Å². The molecular weight excluding hydrogens is 194 g/mol. The van der Waals surface area contributed by atoms with Crippen molar-refractivity contribution in [1.29, 1.82) is 0 Å². The molecule has 0 amide bonds. The van der Waals surface area contributed by atoms with Gasteiger partial charge < -0.3 is 5.32 Å². The zero-order valence-electron chi connectivity index (χ0n) is 9.00. The third kappa shape index (κ3) is 4.07. The van der Waals surface area contributed by atoms with Crippen LogP contribution in [0.3, 0.4) is 0 Å². The highest BCUT2D eigenvalue weighted by Crippen LogP contribution is 2.14. The summed E-state index contributed by atoms with van der Waals surface area (Å²) >= 11 is 1.73. The van der Waals surface area contributed by atoms with Gasteiger partial charge in [0.25, 0.3) is 0 Å². The molecule has 0 radical (unpaired) electrons. The van der Waals surface area contributed by atoms with Crippen molar-refractivity contribution in [3.05, 3.63) is 17.5 Å². The van der Waals surface area contributed by atoms with E-state index in [1.54, 1.807) is 11.8 Å². The molecule has 1 aromatic rings. The lowest BCUT2D eigenvalue weighted by atomic mass is 10.4. The largest absolute Gasteiger partial charge is 0.320 e. The van der Waals surface area contributed by atoms with E-state index in [1.165, 1.54) is 0 Å². The molecule has 0 spiro atoms. The van der Waals surface area contributed by atoms with E-state index in [9.17, 15) is 0 Å². The molecule has 0 atom stereocenters. The van der Waals surface area contributed by atoms with Crippen LogP contribution in [0.5, 0.6) is 0 Å². The van der Waals surface area contributed by atoms with E-state index in [0.717, 1.165) is 35.3 Å². The van der Waals surface area contributed by atoms with Gasteiger partial charge in [0.15, 0.2) is 5.16 Å². The Labute approximate surface area is 89.7 Å². The van der Waals surface area contributed by atoms with Gasteiger partial charge in [-0.15, -0.1) is 0 Å². The van der Waals surface area contributed by atoms with Crippen LogP contribution < -0.4 is 5.32 Å². The van der Waals surface area contributed by atoms with Gasteiger partial charge in [-0.1, -0.05) is 11.8 Å². The van der Waals surface area contributed by atoms with Gasteiger partial charge in [0.05, 0.1) is 0 Å². The summed E-state index contributed by atoms with van der Waals surface area (Å²) in [5.41, 5.74) is 2.10. The molecule has 0 aliphatic carbocycles. The Morgan fingerprint density at radius 3 is 2.50 bits per heavy atom. The molecule has 1 rings (SSSR count). The summed E-state index contributed by atoms with van der Waals surface area (Å²) in [6.45, 7) is 5.07. The Morgan fingerprint density at radius 2 is 1.93 bits per heavy atom. The average Bonchev–Trinajstić information content (AvgIpc) is 2.11. The first kappa shape index (κ1) is 11.5. The molecule has 1 N–H and O–H groups in total. The molecule has 0 bridgehead atoms. The third-order valence-corrected chi connectivity index (χ3v) is 2.70. The minimum Gasteiger partial charge on any atom is -0.320 e. The minimum absolute atomic E-state index is 0.901. The first-order valence-electron chi connectivity index (χ1n) is 4.82. The molecule has 4 heteroatoms. The third-order valence-electron chi connectivity index (χ3n) is 1.76. The summed E-state index contributed by atoms with van der Waals surface area (Å²) in [6, 6.07) is 2.00. The summed E-state index contributed by atoms with van der Waals surface area (Å²) in [7, 11) is 1.97. The molecular formula is C10H17N3S. The second kappa shape index (κ2) is 5.98. The van der Waals surface area contributed by atoms with Gasteiger partial charge in [0, 0.05) is 17.1 Å². The number of hydrogen-bond acceptors (Lipinski definition) is 4. The van der Waals surface area contributed by atoms with Gasteiger partial charge in [0.2, 0.25) is 0 Å². The van der Waals surface area contributed by atoms with Crippen LogP contribution in [0.4, 0.5) is 0 Å². The maximum Gasteiger partial charge on any atom is 0.187 e. The topological polar surface area (TPSA) is 37.8 Å². The van der Waals surface area contributed by atoms with Crippen LogP contribution in [0.2, 0.25) is 0 Å². The first-order chi connectivity index (χ1) is 6.72. The Kier molecular flexibility index (Phi) is 4.90. The van der Waals surface area contributed by atoms with Crippen molar-refractivity contribution >= 4 is 11.8 Å². The molecule has 0 saturated carbocycles. The molecule has 0 fully saturated rings. The second-order valence-electron chi connectivity index (χ2n) is 3.24. The number of nitrogens with zero attached hydrogens (tertiary/aromatic N) is 2. The normalized spacial score (nSPS) is 10.5. The fraction of sp³-hybridized carbons (Fsp3) is 0.600. The summed E-state index contributed by atoms with van der Waals surface area (Å²) < 4.78 is 0. The second-order valence-corrected chi connectivity index (χ2v) is 4.30. The SMILES string of the molecule is CNCCCSc1nc(C)cc(C)n1. The smallest absolute Gasteiger partial charge is 0.187 e. The quantitative estimate of drug-likeness (QED) is 0.458. The maximum absolute atomic E-state index is 4.36. The van der Waals surface area contributed by atoms with Crippen LogP contribution in [-0.4, -0.2) is 29.3 Å². The van der Waals surface area contributed by atoms with Crippen LogP contribution in [0.25, 0.3) is 0 Å². The average molecular weight is 211 g/mol. The number of aryl methyl sites for hydroxylation is 2. The van der Waals surface area contributed by atoms with Gasteiger partial charge in [-0.25, -0.2) is 9.97 Å². The molecule has 1 heterocycles. The number of aromatic nitrogens is 2. The highest BCUT2D eigenvalue weighted by Gasteiger charge is 1.99. The lowest BCUT2D eigenvalue weighted by Gasteiger charge is -2.02. The summed E-state index contributed by atoms with van der Waals surface area (Å²) in [4.78, 5) is 8.73. The lowest BCUT2D eigenvalue weighted by Crippen LogP contribution is -2.08. The van der Waals surface area contributed by atoms with Gasteiger partial charge in [-0.3, -0.25) is 0 Å². The zero-order valence-corrected chi connectivity index (χ0v) is 9.82. The van der Waals surface area contributed by atoms with Crippen LogP contribution >= 0.6 is 11.8 Å². The molecule has 0 saturated heterocycles. The van der Waals surface area contributed by atoms with Crippen molar-refractivity contribution in [2.45, 2.75) is 25.4 Å². The van der Waals surface area contributed by atoms with E-state index >= 15 is 0 Å². The van der Waals surface area contributed by atoms with Crippen molar-refractivity contribution in [1.82, 2.24) is 15.3 Å². The van der Waals surface area contributed by atoms with Gasteiger partial charge in [-0.05, 0) is 39.9 Å². The van der Waals surface area contributed by atoms with Crippen LogP contribution in [0, 0.1) is 13.8 Å². The van der Waals surface area contributed by atoms with Crippen molar-refractivity contribution in [2.75, 3.05) is 19.3 Å². The van der Waals surface area contributed by atoms with E-state index in [4.69, 9.17) is 0 Å². The van der Waals surface area contributed by atoms with Crippen LogP contribution in [0.15, 0.2) is 11.2 Å². The molecule has 3 nitrogen and oxygen atoms in total. The van der Waals surface area contributed by atoms with E-state index in [2.05, 4.69) is 15.3 Å². The number of hydrogen-bond donors (Lipinski definition) is 1. The van der Waals surface area contributed by atoms with E-state index < -0.39 is 0 Å². The maximum atomic E-state index is 4.36. The molecule has 0 aliphatic rings. The summed E-state index contributed by atoms with van der Waals surface area (Å²) in [5, 5.41) is 4.02.